The lowest BCUT2D eigenvalue weighted by atomic mass is 9.36. The summed E-state index contributed by atoms with van der Waals surface area (Å²) in [6.07, 6.45) is 10.7. The Hall–Kier alpha value is -0.620. The highest BCUT2D eigenvalue weighted by molar-refractivity contribution is 5.26. The lowest BCUT2D eigenvalue weighted by molar-refractivity contribution is -0.202. The van der Waals surface area contributed by atoms with Gasteiger partial charge in [-0.05, 0) is 85.9 Å². The molecule has 7 fully saturated rings. The van der Waals surface area contributed by atoms with Crippen LogP contribution < -0.4 is 0 Å². The van der Waals surface area contributed by atoms with Crippen LogP contribution in [0.15, 0.2) is 0 Å². The van der Waals surface area contributed by atoms with Crippen LogP contribution in [0.5, 0.6) is 0 Å². The van der Waals surface area contributed by atoms with Crippen molar-refractivity contribution >= 4 is 6.08 Å². The van der Waals surface area contributed by atoms with Crippen molar-refractivity contribution in [2.45, 2.75) is 38.5 Å². The third-order valence-corrected chi connectivity index (χ3v) is 6.93. The van der Waals surface area contributed by atoms with E-state index in [-0.39, 0.29) is 0 Å². The molecule has 92 valence electrons. The summed E-state index contributed by atoms with van der Waals surface area (Å²) in [6, 6.07) is 0. The van der Waals surface area contributed by atoms with Gasteiger partial charge in [0, 0.05) is 0 Å². The highest BCUT2D eigenvalue weighted by atomic mass is 16.1. The summed E-state index contributed by atoms with van der Waals surface area (Å²) in [5.74, 6) is 9.74. The van der Waals surface area contributed by atoms with Crippen LogP contribution in [-0.4, -0.2) is 6.08 Å². The van der Waals surface area contributed by atoms with E-state index in [1.165, 1.54) is 47.3 Å². The predicted octanol–water partition coefficient (Wildman–Crippen LogP) is 3.23. The fourth-order valence-electron chi connectivity index (χ4n) is 6.89. The zero-order valence-corrected chi connectivity index (χ0v) is 10.3. The van der Waals surface area contributed by atoms with Gasteiger partial charge in [0.2, 0.25) is 6.08 Å². The Morgan fingerprint density at radius 2 is 0.824 bits per heavy atom. The molecule has 0 saturated heterocycles. The number of hydrogen-bond acceptors (Lipinski definition) is 2. The van der Waals surface area contributed by atoms with Crippen molar-refractivity contribution in [2.75, 3.05) is 0 Å². The van der Waals surface area contributed by atoms with Crippen LogP contribution in [0.25, 0.3) is 0 Å². The molecule has 2 heteroatoms. The molecule has 0 amide bonds. The lowest BCUT2D eigenvalue weighted by Crippen LogP contribution is -2.62. The van der Waals surface area contributed by atoms with Crippen LogP contribution in [-0.2, 0) is 4.79 Å². The van der Waals surface area contributed by atoms with Gasteiger partial charge in [-0.1, -0.05) is 0 Å². The minimum absolute atomic E-state index is 0.750. The van der Waals surface area contributed by atoms with Gasteiger partial charge in [0.1, 0.15) is 0 Å². The highest BCUT2D eigenvalue weighted by Gasteiger charge is 2.63. The standard InChI is InChI=1S/C14H20.CHNO/c1-7-2-12-10-4-8-5-11(9(1)10)13(3-7)14(12)6-8;2-1-3/h7-14H,1-6H2;2H. The second-order valence-electron chi connectivity index (χ2n) is 7.23. The normalized spacial score (nSPS) is 59.8. The number of carbonyl (C=O) groups excluding carboxylic acids is 1. The average molecular weight is 231 g/mol. The molecule has 7 rings (SSSR count). The molecule has 1 N–H and O–H groups in total. The Morgan fingerprint density at radius 3 is 1.00 bits per heavy atom. The van der Waals surface area contributed by atoms with E-state index in [4.69, 9.17) is 10.2 Å². The molecule has 0 aliphatic heterocycles. The molecule has 2 nitrogen and oxygen atoms in total. The van der Waals surface area contributed by atoms with E-state index >= 15 is 0 Å². The van der Waals surface area contributed by atoms with E-state index in [1.807, 2.05) is 0 Å². The van der Waals surface area contributed by atoms with Crippen LogP contribution >= 0.6 is 0 Å². The SMILES string of the molecule is C1C2CC3C4CC5CC(C14)C(C2)C3C5.N=C=O. The minimum Gasteiger partial charge on any atom is -0.222 e. The molecule has 8 bridgehead atoms. The number of rotatable bonds is 0. The molecular weight excluding hydrogens is 210 g/mol. The molecule has 7 aliphatic carbocycles. The number of nitrogens with one attached hydrogen (secondary N) is 1. The molecule has 7 saturated carbocycles. The second-order valence-corrected chi connectivity index (χ2v) is 7.23. The summed E-state index contributed by atoms with van der Waals surface area (Å²) in [7, 11) is 0. The summed E-state index contributed by atoms with van der Waals surface area (Å²) in [6.45, 7) is 0. The number of isocyanates is 1. The van der Waals surface area contributed by atoms with Crippen molar-refractivity contribution in [1.29, 1.82) is 5.41 Å². The molecular formula is C15H21NO. The van der Waals surface area contributed by atoms with Gasteiger partial charge in [-0.3, -0.25) is 0 Å². The molecule has 0 radical (unpaired) electrons. The molecule has 0 spiro atoms. The quantitative estimate of drug-likeness (QED) is 0.504. The van der Waals surface area contributed by atoms with E-state index in [1.54, 1.807) is 38.5 Å². The molecule has 0 atom stereocenters. The van der Waals surface area contributed by atoms with E-state index in [0.29, 0.717) is 0 Å². The molecule has 0 aromatic rings. The summed E-state index contributed by atoms with van der Waals surface area (Å²) >= 11 is 0. The van der Waals surface area contributed by atoms with Crippen LogP contribution in [0.4, 0.5) is 0 Å². The van der Waals surface area contributed by atoms with Crippen molar-refractivity contribution in [2.24, 2.45) is 47.3 Å². The monoisotopic (exact) mass is 231 g/mol. The van der Waals surface area contributed by atoms with Gasteiger partial charge in [-0.25, -0.2) is 10.2 Å². The van der Waals surface area contributed by atoms with Crippen molar-refractivity contribution < 1.29 is 4.79 Å². The van der Waals surface area contributed by atoms with E-state index < -0.39 is 0 Å². The third-order valence-electron chi connectivity index (χ3n) is 6.93. The van der Waals surface area contributed by atoms with Crippen molar-refractivity contribution in [3.05, 3.63) is 0 Å². The molecule has 7 aliphatic rings. The van der Waals surface area contributed by atoms with E-state index in [9.17, 15) is 0 Å². The van der Waals surface area contributed by atoms with Crippen LogP contribution in [0.3, 0.4) is 0 Å². The summed E-state index contributed by atoms with van der Waals surface area (Å²) in [4.78, 5) is 8.35. The van der Waals surface area contributed by atoms with Gasteiger partial charge in [0.05, 0.1) is 0 Å². The smallest absolute Gasteiger partial charge is 0.222 e. The zero-order valence-electron chi connectivity index (χ0n) is 10.3. The Bertz CT molecular complexity index is 284. The Labute approximate surface area is 103 Å². The fraction of sp³-hybridized carbons (Fsp3) is 0.933. The lowest BCUT2D eigenvalue weighted by Gasteiger charge is -2.69. The van der Waals surface area contributed by atoms with Crippen molar-refractivity contribution in [3.63, 3.8) is 0 Å². The fourth-order valence-corrected chi connectivity index (χ4v) is 6.89. The zero-order chi connectivity index (χ0) is 11.6. The molecule has 0 heterocycles. The van der Waals surface area contributed by atoms with Crippen LogP contribution in [0, 0.1) is 52.8 Å². The first-order valence-electron chi connectivity index (χ1n) is 7.35. The minimum atomic E-state index is 0.750. The van der Waals surface area contributed by atoms with E-state index in [0.717, 1.165) is 6.08 Å². The Kier molecular flexibility index (Phi) is 2.09. The summed E-state index contributed by atoms with van der Waals surface area (Å²) < 4.78 is 0. The number of hydrogen-bond donors (Lipinski definition) is 1. The maximum Gasteiger partial charge on any atom is 0.231 e. The highest BCUT2D eigenvalue weighted by Crippen LogP contribution is 2.71. The van der Waals surface area contributed by atoms with Gasteiger partial charge in [0.25, 0.3) is 0 Å². The Morgan fingerprint density at radius 1 is 0.647 bits per heavy atom. The maximum absolute atomic E-state index is 8.35. The van der Waals surface area contributed by atoms with Gasteiger partial charge in [-0.15, -0.1) is 0 Å². The van der Waals surface area contributed by atoms with Gasteiger partial charge >= 0.3 is 0 Å². The molecule has 17 heavy (non-hydrogen) atoms. The first-order chi connectivity index (χ1) is 8.31. The summed E-state index contributed by atoms with van der Waals surface area (Å²) in [5.41, 5.74) is 0. The van der Waals surface area contributed by atoms with Gasteiger partial charge < -0.3 is 0 Å². The summed E-state index contributed by atoms with van der Waals surface area (Å²) in [5, 5.41) is 5.40. The average Bonchev–Trinajstić information content (AvgIpc) is 2.36. The molecule has 0 aromatic heterocycles. The van der Waals surface area contributed by atoms with Crippen molar-refractivity contribution in [3.8, 4) is 0 Å². The first-order valence-corrected chi connectivity index (χ1v) is 7.35. The first kappa shape index (κ1) is 10.3. The van der Waals surface area contributed by atoms with Crippen molar-refractivity contribution in [1.82, 2.24) is 0 Å². The van der Waals surface area contributed by atoms with E-state index in [2.05, 4.69) is 0 Å². The van der Waals surface area contributed by atoms with Crippen LogP contribution in [0.1, 0.15) is 38.5 Å². The largest absolute Gasteiger partial charge is 0.231 e. The maximum atomic E-state index is 8.35. The third kappa shape index (κ3) is 1.23. The Balaban J connectivity index is 0.000000246. The predicted molar refractivity (Wildman–Crippen MR) is 64.0 cm³/mol. The van der Waals surface area contributed by atoms with Crippen LogP contribution in [0.2, 0.25) is 0 Å². The van der Waals surface area contributed by atoms with Gasteiger partial charge in [-0.2, -0.15) is 0 Å². The topological polar surface area (TPSA) is 40.9 Å². The second kappa shape index (κ2) is 3.45. The van der Waals surface area contributed by atoms with Gasteiger partial charge in [0.15, 0.2) is 0 Å². The molecule has 0 aromatic carbocycles. The molecule has 0 unspecified atom stereocenters.